The average molecular weight is 414 g/mol. The number of rotatable bonds is 3. The van der Waals surface area contributed by atoms with Gasteiger partial charge in [-0.05, 0) is 60.9 Å². The van der Waals surface area contributed by atoms with E-state index in [4.69, 9.17) is 4.74 Å². The van der Waals surface area contributed by atoms with Gasteiger partial charge >= 0.3 is 0 Å². The van der Waals surface area contributed by atoms with Gasteiger partial charge in [-0.3, -0.25) is 19.7 Å². The molecule has 0 bridgehead atoms. The summed E-state index contributed by atoms with van der Waals surface area (Å²) in [4.78, 5) is 24.2. The Bertz CT molecular complexity index is 1120. The number of ether oxygens (including phenoxy) is 1. The highest BCUT2D eigenvalue weighted by molar-refractivity contribution is 6.01. The molecule has 1 aromatic carbocycles. The van der Waals surface area contributed by atoms with Gasteiger partial charge in [0.1, 0.15) is 11.4 Å². The lowest BCUT2D eigenvalue weighted by atomic mass is 9.81. The van der Waals surface area contributed by atoms with Crippen molar-refractivity contribution in [3.63, 3.8) is 0 Å². The lowest BCUT2D eigenvalue weighted by Gasteiger charge is -2.44. The molecular weight excluding hydrogens is 386 g/mol. The van der Waals surface area contributed by atoms with Crippen LogP contribution in [0.2, 0.25) is 0 Å². The number of hydrogen-bond donors (Lipinski definition) is 0. The predicted molar refractivity (Wildman–Crippen MR) is 120 cm³/mol. The number of piperidine rings is 1. The number of benzene rings is 1. The number of nitrogens with zero attached hydrogens (tertiary/aromatic N) is 3. The third-order valence-corrected chi connectivity index (χ3v) is 6.59. The Morgan fingerprint density at radius 2 is 1.81 bits per heavy atom. The Morgan fingerprint density at radius 1 is 1.00 bits per heavy atom. The topological polar surface area (TPSA) is 55.3 Å². The van der Waals surface area contributed by atoms with Crippen LogP contribution in [0, 0.1) is 13.8 Å². The molecule has 0 N–H and O–H groups in total. The van der Waals surface area contributed by atoms with Crippen molar-refractivity contribution in [2.24, 2.45) is 0 Å². The first-order chi connectivity index (χ1) is 15.0. The van der Waals surface area contributed by atoms with Crippen molar-refractivity contribution >= 4 is 5.78 Å². The molecule has 31 heavy (non-hydrogen) atoms. The largest absolute Gasteiger partial charge is 0.486 e. The fourth-order valence-corrected chi connectivity index (χ4v) is 4.83. The predicted octanol–water partition coefficient (Wildman–Crippen LogP) is 4.76. The summed E-state index contributed by atoms with van der Waals surface area (Å²) in [6, 6.07) is 14.1. The van der Waals surface area contributed by atoms with Crippen molar-refractivity contribution in [1.82, 2.24) is 14.9 Å². The second kappa shape index (κ2) is 7.89. The zero-order valence-electron chi connectivity index (χ0n) is 18.1. The van der Waals surface area contributed by atoms with Gasteiger partial charge in [-0.15, -0.1) is 0 Å². The fraction of sp³-hybridized carbons (Fsp3) is 0.346. The van der Waals surface area contributed by atoms with Crippen LogP contribution in [0.3, 0.4) is 0 Å². The monoisotopic (exact) mass is 413 g/mol. The molecule has 5 rings (SSSR count). The number of Topliss-reactive ketones (excluding diaryl/α,β-unsaturated/α-hetero) is 1. The lowest BCUT2D eigenvalue weighted by Crippen LogP contribution is -2.51. The summed E-state index contributed by atoms with van der Waals surface area (Å²) in [5.41, 5.74) is 5.61. The van der Waals surface area contributed by atoms with E-state index in [-0.39, 0.29) is 5.78 Å². The van der Waals surface area contributed by atoms with Gasteiger partial charge in [0.2, 0.25) is 0 Å². The molecule has 0 saturated carbocycles. The van der Waals surface area contributed by atoms with E-state index in [2.05, 4.69) is 33.9 Å². The molecule has 1 saturated heterocycles. The number of ketones is 1. The van der Waals surface area contributed by atoms with Gasteiger partial charge in [-0.2, -0.15) is 0 Å². The number of pyridine rings is 2. The molecule has 0 amide bonds. The first-order valence-electron chi connectivity index (χ1n) is 10.9. The smallest absolute Gasteiger partial charge is 0.170 e. The molecule has 1 fully saturated rings. The normalized spacial score (nSPS) is 17.9. The van der Waals surface area contributed by atoms with Crippen LogP contribution in [0.25, 0.3) is 11.1 Å². The summed E-state index contributed by atoms with van der Waals surface area (Å²) in [5.74, 6) is 0.960. The SMILES string of the molecule is Cc1cc(-c2ccc3c(c2C)OC2(CCN(Cc4ccccn4)CC2)CC3=O)ccn1. The van der Waals surface area contributed by atoms with Crippen LogP contribution in [-0.4, -0.2) is 39.3 Å². The van der Waals surface area contributed by atoms with E-state index >= 15 is 0 Å². The van der Waals surface area contributed by atoms with E-state index in [1.165, 1.54) is 0 Å². The van der Waals surface area contributed by atoms with Crippen LogP contribution in [0.15, 0.2) is 54.9 Å². The first-order valence-corrected chi connectivity index (χ1v) is 10.9. The van der Waals surface area contributed by atoms with Crippen LogP contribution in [0.5, 0.6) is 5.75 Å². The summed E-state index contributed by atoms with van der Waals surface area (Å²) < 4.78 is 6.67. The Morgan fingerprint density at radius 3 is 2.55 bits per heavy atom. The molecule has 5 heteroatoms. The molecule has 0 radical (unpaired) electrons. The molecule has 2 aliphatic rings. The number of fused-ring (bicyclic) bond motifs is 1. The van der Waals surface area contributed by atoms with E-state index in [0.717, 1.165) is 66.3 Å². The van der Waals surface area contributed by atoms with Crippen molar-refractivity contribution < 1.29 is 9.53 Å². The number of aromatic nitrogens is 2. The zero-order chi connectivity index (χ0) is 21.4. The van der Waals surface area contributed by atoms with E-state index in [1.807, 2.05) is 49.6 Å². The lowest BCUT2D eigenvalue weighted by molar-refractivity contribution is -0.0114. The number of likely N-dealkylation sites (tertiary alicyclic amines) is 1. The van der Waals surface area contributed by atoms with Crippen LogP contribution in [0.4, 0.5) is 0 Å². The highest BCUT2D eigenvalue weighted by atomic mass is 16.5. The number of aryl methyl sites for hydroxylation is 1. The quantitative estimate of drug-likeness (QED) is 0.620. The molecule has 0 aliphatic carbocycles. The highest BCUT2D eigenvalue weighted by Crippen LogP contribution is 2.43. The van der Waals surface area contributed by atoms with Crippen molar-refractivity contribution in [1.29, 1.82) is 0 Å². The Balaban J connectivity index is 1.38. The minimum Gasteiger partial charge on any atom is -0.486 e. The molecule has 0 atom stereocenters. The van der Waals surface area contributed by atoms with Gasteiger partial charge in [0.05, 0.1) is 17.7 Å². The van der Waals surface area contributed by atoms with Gasteiger partial charge in [0, 0.05) is 50.6 Å². The van der Waals surface area contributed by atoms with E-state index in [1.54, 1.807) is 0 Å². The summed E-state index contributed by atoms with van der Waals surface area (Å²) >= 11 is 0. The van der Waals surface area contributed by atoms with Crippen LogP contribution in [-0.2, 0) is 6.54 Å². The second-order valence-electron chi connectivity index (χ2n) is 8.78. The standard InChI is InChI=1S/C26H27N3O2/c1-18-15-20(8-12-27-18)22-6-7-23-24(30)16-26(31-25(23)19(22)2)9-13-29(14-10-26)17-21-5-3-4-11-28-21/h3-8,11-12,15H,9-10,13-14,16-17H2,1-2H3. The first kappa shape index (κ1) is 19.9. The number of carbonyl (C=O) groups is 1. The Kier molecular flexibility index (Phi) is 5.06. The maximum atomic E-state index is 13.1. The summed E-state index contributed by atoms with van der Waals surface area (Å²) in [6.07, 6.45) is 5.83. The maximum Gasteiger partial charge on any atom is 0.170 e. The molecule has 3 aromatic rings. The minimum absolute atomic E-state index is 0.194. The third kappa shape index (κ3) is 3.86. The molecule has 0 unspecified atom stereocenters. The zero-order valence-corrected chi connectivity index (χ0v) is 18.1. The number of carbonyl (C=O) groups excluding carboxylic acids is 1. The summed E-state index contributed by atoms with van der Waals surface area (Å²) in [7, 11) is 0. The van der Waals surface area contributed by atoms with Gasteiger partial charge in [0.15, 0.2) is 5.78 Å². The van der Waals surface area contributed by atoms with Gasteiger partial charge in [-0.1, -0.05) is 12.1 Å². The molecule has 5 nitrogen and oxygen atoms in total. The average Bonchev–Trinajstić information content (AvgIpc) is 2.77. The van der Waals surface area contributed by atoms with Crippen LogP contribution < -0.4 is 4.74 Å². The highest BCUT2D eigenvalue weighted by Gasteiger charge is 2.43. The van der Waals surface area contributed by atoms with E-state index in [9.17, 15) is 4.79 Å². The van der Waals surface area contributed by atoms with Crippen LogP contribution >= 0.6 is 0 Å². The minimum atomic E-state index is -0.401. The summed E-state index contributed by atoms with van der Waals surface area (Å²) in [6.45, 7) is 6.70. The second-order valence-corrected chi connectivity index (χ2v) is 8.78. The van der Waals surface area contributed by atoms with E-state index in [0.29, 0.717) is 12.0 Å². The maximum absolute atomic E-state index is 13.1. The molecule has 2 aliphatic heterocycles. The van der Waals surface area contributed by atoms with Crippen molar-refractivity contribution in [3.05, 3.63) is 77.4 Å². The van der Waals surface area contributed by atoms with Gasteiger partial charge in [0.25, 0.3) is 0 Å². The van der Waals surface area contributed by atoms with Gasteiger partial charge < -0.3 is 4.74 Å². The van der Waals surface area contributed by atoms with Crippen molar-refractivity contribution in [2.45, 2.75) is 45.3 Å². The van der Waals surface area contributed by atoms with E-state index < -0.39 is 5.60 Å². The van der Waals surface area contributed by atoms with Crippen molar-refractivity contribution in [3.8, 4) is 16.9 Å². The van der Waals surface area contributed by atoms with Crippen LogP contribution in [0.1, 0.15) is 46.6 Å². The van der Waals surface area contributed by atoms with Crippen molar-refractivity contribution in [2.75, 3.05) is 13.1 Å². The molecular formula is C26H27N3O2. The molecule has 2 aromatic heterocycles. The van der Waals surface area contributed by atoms with Gasteiger partial charge in [-0.25, -0.2) is 0 Å². The molecule has 158 valence electrons. The Labute approximate surface area is 183 Å². The number of hydrogen-bond acceptors (Lipinski definition) is 5. The molecule has 1 spiro atoms. The third-order valence-electron chi connectivity index (χ3n) is 6.59. The summed E-state index contributed by atoms with van der Waals surface area (Å²) in [5, 5.41) is 0. The molecule has 4 heterocycles. The Hall–Kier alpha value is -3.05. The fourth-order valence-electron chi connectivity index (χ4n) is 4.83.